The first-order chi connectivity index (χ1) is 13.8. The van der Waals surface area contributed by atoms with E-state index < -0.39 is 0 Å². The second-order valence-electron chi connectivity index (χ2n) is 6.71. The van der Waals surface area contributed by atoms with Gasteiger partial charge in [0.25, 0.3) is 0 Å². The molecule has 5 heteroatoms. The van der Waals surface area contributed by atoms with Crippen molar-refractivity contribution in [2.75, 3.05) is 6.61 Å². The van der Waals surface area contributed by atoms with Gasteiger partial charge in [-0.2, -0.15) is 0 Å². The molecule has 2 aromatic heterocycles. The Morgan fingerprint density at radius 3 is 2.54 bits per heavy atom. The summed E-state index contributed by atoms with van der Waals surface area (Å²) in [6, 6.07) is 22.1. The van der Waals surface area contributed by atoms with Gasteiger partial charge in [-0.05, 0) is 17.7 Å². The Balaban J connectivity index is 1.78. The molecule has 5 rings (SSSR count). The third-order valence-electron chi connectivity index (χ3n) is 4.99. The van der Waals surface area contributed by atoms with Gasteiger partial charge in [0.15, 0.2) is 0 Å². The molecule has 3 heterocycles. The number of rotatable bonds is 3. The van der Waals surface area contributed by atoms with E-state index in [1.165, 1.54) is 0 Å². The molecule has 0 saturated carbocycles. The molecule has 28 heavy (non-hydrogen) atoms. The van der Waals surface area contributed by atoms with Crippen molar-refractivity contribution >= 4 is 0 Å². The van der Waals surface area contributed by atoms with Crippen molar-refractivity contribution < 1.29 is 9.84 Å². The van der Waals surface area contributed by atoms with Crippen LogP contribution in [0.15, 0.2) is 72.9 Å². The summed E-state index contributed by atoms with van der Waals surface area (Å²) in [6.07, 6.45) is 1.74. The van der Waals surface area contributed by atoms with Crippen molar-refractivity contribution in [3.63, 3.8) is 0 Å². The Kier molecular flexibility index (Phi) is 4.14. The van der Waals surface area contributed by atoms with E-state index >= 15 is 0 Å². The van der Waals surface area contributed by atoms with Gasteiger partial charge in [0, 0.05) is 17.3 Å². The average Bonchev–Trinajstić information content (AvgIpc) is 3.04. The van der Waals surface area contributed by atoms with Crippen molar-refractivity contribution in [2.24, 2.45) is 0 Å². The first-order valence-corrected chi connectivity index (χ1v) is 9.29. The Labute approximate surface area is 162 Å². The molecule has 138 valence electrons. The molecule has 2 aromatic carbocycles. The number of aliphatic hydroxyl groups is 1. The lowest BCUT2D eigenvalue weighted by Crippen LogP contribution is -2.07. The SMILES string of the molecule is OCc1ccc(-c2nc3n(c2-c2ccccc2)CCOc2ncccc2-3)cc1. The fraction of sp³-hybridized carbons (Fsp3) is 0.130. The fourth-order valence-corrected chi connectivity index (χ4v) is 3.64. The molecule has 4 aromatic rings. The lowest BCUT2D eigenvalue weighted by molar-refractivity contribution is 0.282. The molecule has 5 nitrogen and oxygen atoms in total. The number of benzene rings is 2. The summed E-state index contributed by atoms with van der Waals surface area (Å²) < 4.78 is 8.08. The number of nitrogens with zero attached hydrogens (tertiary/aromatic N) is 3. The number of pyridine rings is 1. The largest absolute Gasteiger partial charge is 0.475 e. The van der Waals surface area contributed by atoms with Crippen LogP contribution in [0.25, 0.3) is 33.9 Å². The highest BCUT2D eigenvalue weighted by Gasteiger charge is 2.25. The summed E-state index contributed by atoms with van der Waals surface area (Å²) >= 11 is 0. The van der Waals surface area contributed by atoms with Crippen LogP contribution >= 0.6 is 0 Å². The minimum atomic E-state index is 0.0297. The molecule has 0 aliphatic carbocycles. The minimum Gasteiger partial charge on any atom is -0.475 e. The standard InChI is InChI=1S/C23H19N3O2/c27-15-16-8-10-17(11-9-16)20-21(18-5-2-1-3-6-18)26-13-14-28-23-19(22(26)25-20)7-4-12-24-23/h1-12,27H,13-15H2. The van der Waals surface area contributed by atoms with Crippen LogP contribution in [-0.4, -0.2) is 26.2 Å². The molecular weight excluding hydrogens is 350 g/mol. The maximum atomic E-state index is 9.36. The van der Waals surface area contributed by atoms with E-state index in [-0.39, 0.29) is 6.61 Å². The van der Waals surface area contributed by atoms with Gasteiger partial charge in [0.2, 0.25) is 5.88 Å². The van der Waals surface area contributed by atoms with Crippen molar-refractivity contribution in [3.05, 3.63) is 78.5 Å². The molecule has 0 bridgehead atoms. The topological polar surface area (TPSA) is 60.2 Å². The second-order valence-corrected chi connectivity index (χ2v) is 6.71. The molecule has 0 fully saturated rings. The highest BCUT2D eigenvalue weighted by Crippen LogP contribution is 2.39. The molecule has 0 amide bonds. The maximum Gasteiger partial charge on any atom is 0.224 e. The second kappa shape index (κ2) is 6.94. The van der Waals surface area contributed by atoms with Gasteiger partial charge in [0.1, 0.15) is 12.4 Å². The van der Waals surface area contributed by atoms with Crippen LogP contribution < -0.4 is 4.74 Å². The Morgan fingerprint density at radius 1 is 0.929 bits per heavy atom. The van der Waals surface area contributed by atoms with Gasteiger partial charge >= 0.3 is 0 Å². The van der Waals surface area contributed by atoms with Crippen LogP contribution in [0.4, 0.5) is 0 Å². The van der Waals surface area contributed by atoms with E-state index in [0.29, 0.717) is 19.0 Å². The number of hydrogen-bond acceptors (Lipinski definition) is 4. The van der Waals surface area contributed by atoms with Crippen molar-refractivity contribution in [1.82, 2.24) is 14.5 Å². The lowest BCUT2D eigenvalue weighted by atomic mass is 10.0. The first kappa shape index (κ1) is 16.7. The molecule has 1 aliphatic rings. The van der Waals surface area contributed by atoms with Gasteiger partial charge in [-0.15, -0.1) is 0 Å². The molecule has 0 atom stereocenters. The highest BCUT2D eigenvalue weighted by molar-refractivity contribution is 5.83. The van der Waals surface area contributed by atoms with Crippen LogP contribution in [-0.2, 0) is 13.2 Å². The van der Waals surface area contributed by atoms with E-state index in [0.717, 1.165) is 39.5 Å². The number of hydrogen-bond donors (Lipinski definition) is 1. The zero-order chi connectivity index (χ0) is 18.9. The van der Waals surface area contributed by atoms with Crippen molar-refractivity contribution in [1.29, 1.82) is 0 Å². The fourth-order valence-electron chi connectivity index (χ4n) is 3.64. The summed E-state index contributed by atoms with van der Waals surface area (Å²) in [4.78, 5) is 9.42. The van der Waals surface area contributed by atoms with Crippen molar-refractivity contribution in [2.45, 2.75) is 13.2 Å². The summed E-state index contributed by atoms with van der Waals surface area (Å²) in [5.74, 6) is 1.48. The lowest BCUT2D eigenvalue weighted by Gasteiger charge is -2.11. The van der Waals surface area contributed by atoms with Gasteiger partial charge in [0.05, 0.1) is 30.1 Å². The predicted octanol–water partition coefficient (Wildman–Crippen LogP) is 4.16. The minimum absolute atomic E-state index is 0.0297. The zero-order valence-corrected chi connectivity index (χ0v) is 15.2. The molecular formula is C23H19N3O2. The number of fused-ring (bicyclic) bond motifs is 3. The van der Waals surface area contributed by atoms with Gasteiger partial charge in [-0.25, -0.2) is 9.97 Å². The first-order valence-electron chi connectivity index (χ1n) is 9.29. The summed E-state index contributed by atoms with van der Waals surface area (Å²) in [5, 5.41) is 9.36. The molecule has 0 radical (unpaired) electrons. The normalized spacial score (nSPS) is 12.6. The smallest absolute Gasteiger partial charge is 0.224 e. The third kappa shape index (κ3) is 2.77. The third-order valence-corrected chi connectivity index (χ3v) is 4.99. The quantitative estimate of drug-likeness (QED) is 0.589. The predicted molar refractivity (Wildman–Crippen MR) is 108 cm³/mol. The molecule has 0 saturated heterocycles. The van der Waals surface area contributed by atoms with Crippen LogP contribution in [0, 0.1) is 0 Å². The molecule has 0 unspecified atom stereocenters. The van der Waals surface area contributed by atoms with E-state index in [9.17, 15) is 5.11 Å². The van der Waals surface area contributed by atoms with E-state index in [1.807, 2.05) is 54.6 Å². The Morgan fingerprint density at radius 2 is 1.75 bits per heavy atom. The Hall–Kier alpha value is -3.44. The zero-order valence-electron chi connectivity index (χ0n) is 15.2. The van der Waals surface area contributed by atoms with E-state index in [4.69, 9.17) is 9.72 Å². The van der Waals surface area contributed by atoms with Crippen LogP contribution in [0.3, 0.4) is 0 Å². The van der Waals surface area contributed by atoms with Crippen LogP contribution in [0.5, 0.6) is 5.88 Å². The maximum absolute atomic E-state index is 9.36. The number of ether oxygens (including phenoxy) is 1. The van der Waals surface area contributed by atoms with Gasteiger partial charge in [-0.1, -0.05) is 54.6 Å². The summed E-state index contributed by atoms with van der Waals surface area (Å²) in [7, 11) is 0. The number of aromatic nitrogens is 3. The average molecular weight is 369 g/mol. The number of imidazole rings is 1. The molecule has 0 spiro atoms. The Bertz CT molecular complexity index is 1120. The van der Waals surface area contributed by atoms with E-state index in [2.05, 4.69) is 21.7 Å². The van der Waals surface area contributed by atoms with Crippen LogP contribution in [0.2, 0.25) is 0 Å². The van der Waals surface area contributed by atoms with Gasteiger partial charge < -0.3 is 14.4 Å². The van der Waals surface area contributed by atoms with E-state index in [1.54, 1.807) is 6.20 Å². The monoisotopic (exact) mass is 369 g/mol. The van der Waals surface area contributed by atoms with Crippen LogP contribution in [0.1, 0.15) is 5.56 Å². The summed E-state index contributed by atoms with van der Waals surface area (Å²) in [5.41, 5.74) is 5.89. The molecule has 1 N–H and O–H groups in total. The molecule has 1 aliphatic heterocycles. The highest BCUT2D eigenvalue weighted by atomic mass is 16.5. The van der Waals surface area contributed by atoms with Crippen molar-refractivity contribution in [3.8, 4) is 39.8 Å². The van der Waals surface area contributed by atoms with Gasteiger partial charge in [-0.3, -0.25) is 0 Å². The summed E-state index contributed by atoms with van der Waals surface area (Å²) in [6.45, 7) is 1.26. The number of aliphatic hydroxyl groups excluding tert-OH is 1.